The summed E-state index contributed by atoms with van der Waals surface area (Å²) in [6.45, 7) is 6.67. The Morgan fingerprint density at radius 1 is 1.14 bits per heavy atom. The first kappa shape index (κ1) is 21.0. The first-order valence-corrected chi connectivity index (χ1v) is 9.07. The van der Waals surface area contributed by atoms with Crippen molar-refractivity contribution in [3.63, 3.8) is 0 Å². The van der Waals surface area contributed by atoms with Gasteiger partial charge in [0.1, 0.15) is 0 Å². The van der Waals surface area contributed by atoms with E-state index in [1.54, 1.807) is 18.2 Å². The quantitative estimate of drug-likeness (QED) is 0.396. The van der Waals surface area contributed by atoms with E-state index < -0.39 is 4.92 Å². The van der Waals surface area contributed by atoms with Crippen molar-refractivity contribution in [2.45, 2.75) is 26.8 Å². The highest BCUT2D eigenvalue weighted by Crippen LogP contribution is 2.30. The summed E-state index contributed by atoms with van der Waals surface area (Å²) in [4.78, 5) is 22.8. The van der Waals surface area contributed by atoms with Gasteiger partial charge in [0.15, 0.2) is 11.5 Å². The zero-order chi connectivity index (χ0) is 20.5. The lowest BCUT2D eigenvalue weighted by Crippen LogP contribution is -2.24. The molecule has 7 nitrogen and oxygen atoms in total. The molecule has 0 bridgehead atoms. The summed E-state index contributed by atoms with van der Waals surface area (Å²) in [6.07, 6.45) is 2.72. The third-order valence-corrected chi connectivity index (χ3v) is 3.97. The number of nitro groups is 1. The van der Waals surface area contributed by atoms with Gasteiger partial charge in [-0.2, -0.15) is 0 Å². The minimum Gasteiger partial charge on any atom is -0.490 e. The number of hydrogen-bond acceptors (Lipinski definition) is 5. The standard InChI is InChI=1S/C21H24N2O5/c1-4-27-19-12-10-17(14-20(19)28-5-2)15(3)22-21(24)13-11-16-8-6-7-9-18(16)23(25)26/h6-15H,4-5H2,1-3H3,(H,22,24)/b13-11+/t15-/m1/s1. The van der Waals surface area contributed by atoms with E-state index in [0.29, 0.717) is 30.3 Å². The summed E-state index contributed by atoms with van der Waals surface area (Å²) in [5.74, 6) is 0.929. The summed E-state index contributed by atoms with van der Waals surface area (Å²) >= 11 is 0. The predicted octanol–water partition coefficient (Wildman–Crippen LogP) is 4.28. The molecule has 1 amide bonds. The summed E-state index contributed by atoms with van der Waals surface area (Å²) in [6, 6.07) is 11.5. The van der Waals surface area contributed by atoms with Gasteiger partial charge in [-0.15, -0.1) is 0 Å². The lowest BCUT2D eigenvalue weighted by Gasteiger charge is -2.17. The first-order chi connectivity index (χ1) is 13.5. The molecule has 0 aliphatic carbocycles. The second-order valence-corrected chi connectivity index (χ2v) is 5.95. The third-order valence-electron chi connectivity index (χ3n) is 3.97. The number of ether oxygens (including phenoxy) is 2. The van der Waals surface area contributed by atoms with Crippen molar-refractivity contribution in [3.8, 4) is 11.5 Å². The fourth-order valence-corrected chi connectivity index (χ4v) is 2.64. The normalized spacial score (nSPS) is 11.8. The van der Waals surface area contributed by atoms with Gasteiger partial charge in [-0.25, -0.2) is 0 Å². The average Bonchev–Trinajstić information content (AvgIpc) is 2.68. The number of nitro benzene ring substituents is 1. The fraction of sp³-hybridized carbons (Fsp3) is 0.286. The highest BCUT2D eigenvalue weighted by molar-refractivity contribution is 5.92. The van der Waals surface area contributed by atoms with Crippen LogP contribution in [0.5, 0.6) is 11.5 Å². The van der Waals surface area contributed by atoms with Gasteiger partial charge in [-0.05, 0) is 50.6 Å². The molecule has 0 spiro atoms. The van der Waals surface area contributed by atoms with E-state index in [-0.39, 0.29) is 17.6 Å². The SMILES string of the molecule is CCOc1ccc([C@@H](C)NC(=O)/C=C/c2ccccc2[N+](=O)[O-])cc1OCC. The molecule has 2 aromatic rings. The highest BCUT2D eigenvalue weighted by atomic mass is 16.6. The number of carbonyl (C=O) groups is 1. The van der Waals surface area contributed by atoms with Crippen molar-refractivity contribution in [2.75, 3.05) is 13.2 Å². The number of nitrogens with zero attached hydrogens (tertiary/aromatic N) is 1. The number of nitrogens with one attached hydrogen (secondary N) is 1. The molecule has 0 aliphatic rings. The van der Waals surface area contributed by atoms with Crippen LogP contribution in [0.2, 0.25) is 0 Å². The van der Waals surface area contributed by atoms with E-state index in [2.05, 4.69) is 5.32 Å². The Bertz CT molecular complexity index is 864. The second kappa shape index (κ2) is 10.1. The van der Waals surface area contributed by atoms with Crippen molar-refractivity contribution >= 4 is 17.7 Å². The van der Waals surface area contributed by atoms with Crippen LogP contribution >= 0.6 is 0 Å². The van der Waals surface area contributed by atoms with Crippen LogP contribution in [0.3, 0.4) is 0 Å². The highest BCUT2D eigenvalue weighted by Gasteiger charge is 2.13. The van der Waals surface area contributed by atoms with Crippen molar-refractivity contribution in [3.05, 3.63) is 69.8 Å². The number of benzene rings is 2. The van der Waals surface area contributed by atoms with E-state index in [0.717, 1.165) is 5.56 Å². The van der Waals surface area contributed by atoms with Crippen LogP contribution in [-0.2, 0) is 4.79 Å². The zero-order valence-electron chi connectivity index (χ0n) is 16.2. The number of amides is 1. The minimum absolute atomic E-state index is 0.0486. The number of rotatable bonds is 9. The van der Waals surface area contributed by atoms with Gasteiger partial charge in [0.25, 0.3) is 5.69 Å². The van der Waals surface area contributed by atoms with E-state index in [4.69, 9.17) is 9.47 Å². The van der Waals surface area contributed by atoms with Crippen LogP contribution in [0.25, 0.3) is 6.08 Å². The molecule has 2 rings (SSSR count). The Labute approximate surface area is 164 Å². The molecule has 148 valence electrons. The monoisotopic (exact) mass is 384 g/mol. The zero-order valence-corrected chi connectivity index (χ0v) is 16.2. The molecule has 0 saturated carbocycles. The van der Waals surface area contributed by atoms with Gasteiger partial charge in [0, 0.05) is 12.1 Å². The van der Waals surface area contributed by atoms with E-state index in [1.807, 2.05) is 39.0 Å². The molecule has 1 N–H and O–H groups in total. The molecule has 0 saturated heterocycles. The van der Waals surface area contributed by atoms with Crippen molar-refractivity contribution < 1.29 is 19.2 Å². The molecule has 28 heavy (non-hydrogen) atoms. The summed E-state index contributed by atoms with van der Waals surface area (Å²) in [5.41, 5.74) is 1.18. The summed E-state index contributed by atoms with van der Waals surface area (Å²) in [7, 11) is 0. The van der Waals surface area contributed by atoms with E-state index in [9.17, 15) is 14.9 Å². The summed E-state index contributed by atoms with van der Waals surface area (Å²) in [5, 5.41) is 13.9. The van der Waals surface area contributed by atoms with Gasteiger partial charge in [0.2, 0.25) is 5.91 Å². The number of hydrogen-bond donors (Lipinski definition) is 1. The maximum atomic E-state index is 12.2. The molecule has 1 atom stereocenters. The Hall–Kier alpha value is -3.35. The van der Waals surface area contributed by atoms with Crippen molar-refractivity contribution in [1.29, 1.82) is 0 Å². The average molecular weight is 384 g/mol. The molecular weight excluding hydrogens is 360 g/mol. The van der Waals surface area contributed by atoms with E-state index in [1.165, 1.54) is 18.2 Å². The molecule has 0 fully saturated rings. The lowest BCUT2D eigenvalue weighted by molar-refractivity contribution is -0.385. The lowest BCUT2D eigenvalue weighted by atomic mass is 10.1. The molecular formula is C21H24N2O5. The first-order valence-electron chi connectivity index (χ1n) is 9.07. The van der Waals surface area contributed by atoms with Crippen molar-refractivity contribution in [1.82, 2.24) is 5.32 Å². The van der Waals surface area contributed by atoms with Crippen LogP contribution in [0.1, 0.15) is 37.9 Å². The third kappa shape index (κ3) is 5.57. The van der Waals surface area contributed by atoms with Crippen molar-refractivity contribution in [2.24, 2.45) is 0 Å². The molecule has 0 radical (unpaired) electrons. The molecule has 0 aromatic heterocycles. The van der Waals surface area contributed by atoms with Crippen LogP contribution in [0.4, 0.5) is 5.69 Å². The van der Waals surface area contributed by atoms with Crippen LogP contribution in [0, 0.1) is 10.1 Å². The molecule has 0 heterocycles. The van der Waals surface area contributed by atoms with Gasteiger partial charge >= 0.3 is 0 Å². The Morgan fingerprint density at radius 3 is 2.50 bits per heavy atom. The second-order valence-electron chi connectivity index (χ2n) is 5.95. The molecule has 7 heteroatoms. The topological polar surface area (TPSA) is 90.7 Å². The van der Waals surface area contributed by atoms with Gasteiger partial charge < -0.3 is 14.8 Å². The van der Waals surface area contributed by atoms with E-state index >= 15 is 0 Å². The molecule has 0 unspecified atom stereocenters. The van der Waals surface area contributed by atoms with Gasteiger partial charge in [0.05, 0.1) is 29.7 Å². The fourth-order valence-electron chi connectivity index (χ4n) is 2.64. The predicted molar refractivity (Wildman–Crippen MR) is 107 cm³/mol. The number of carbonyl (C=O) groups excluding carboxylic acids is 1. The molecule has 0 aliphatic heterocycles. The van der Waals surface area contributed by atoms with Crippen LogP contribution in [-0.4, -0.2) is 24.0 Å². The molecule has 2 aromatic carbocycles. The van der Waals surface area contributed by atoms with Crippen LogP contribution < -0.4 is 14.8 Å². The van der Waals surface area contributed by atoms with Gasteiger partial charge in [-0.1, -0.05) is 18.2 Å². The minimum atomic E-state index is -0.477. The Morgan fingerprint density at radius 2 is 1.82 bits per heavy atom. The Kier molecular flexibility index (Phi) is 7.56. The summed E-state index contributed by atoms with van der Waals surface area (Å²) < 4.78 is 11.2. The Balaban J connectivity index is 2.10. The number of para-hydroxylation sites is 1. The smallest absolute Gasteiger partial charge is 0.276 e. The van der Waals surface area contributed by atoms with Crippen LogP contribution in [0.15, 0.2) is 48.5 Å². The largest absolute Gasteiger partial charge is 0.490 e. The maximum Gasteiger partial charge on any atom is 0.276 e. The van der Waals surface area contributed by atoms with Gasteiger partial charge in [-0.3, -0.25) is 14.9 Å². The maximum absolute atomic E-state index is 12.2.